The lowest BCUT2D eigenvalue weighted by Gasteiger charge is -2.08. The molecule has 0 amide bonds. The van der Waals surface area contributed by atoms with Gasteiger partial charge in [-0.05, 0) is 36.4 Å². The van der Waals surface area contributed by atoms with Gasteiger partial charge in [0.2, 0.25) is 0 Å². The minimum atomic E-state index is 0.611. The van der Waals surface area contributed by atoms with Crippen molar-refractivity contribution in [1.82, 2.24) is 0 Å². The highest BCUT2D eigenvalue weighted by molar-refractivity contribution is 5.72. The van der Waals surface area contributed by atoms with Crippen molar-refractivity contribution < 1.29 is 0 Å². The maximum Gasteiger partial charge on any atom is 0.109 e. The van der Waals surface area contributed by atoms with Gasteiger partial charge in [-0.1, -0.05) is 42.5 Å². The molecule has 108 valence electrons. The summed E-state index contributed by atoms with van der Waals surface area (Å²) < 4.78 is 0. The second kappa shape index (κ2) is 6.54. The zero-order valence-corrected chi connectivity index (χ0v) is 12.0. The van der Waals surface area contributed by atoms with Crippen LogP contribution in [-0.2, 0) is 0 Å². The topological polar surface area (TPSA) is 62.8 Å². The van der Waals surface area contributed by atoms with Crippen LogP contribution >= 0.6 is 0 Å². The van der Waals surface area contributed by atoms with Crippen LogP contribution < -0.4 is 11.1 Å². The molecule has 0 bridgehead atoms. The van der Waals surface area contributed by atoms with E-state index in [2.05, 4.69) is 15.5 Å². The third-order valence-electron chi connectivity index (χ3n) is 3.16. The maximum absolute atomic E-state index is 5.88. The van der Waals surface area contributed by atoms with E-state index in [0.717, 1.165) is 17.1 Å². The molecule has 3 aromatic carbocycles. The summed E-state index contributed by atoms with van der Waals surface area (Å²) in [6, 6.07) is 25.1. The normalized spacial score (nSPS) is 10.7. The molecule has 0 radical (unpaired) electrons. The molecule has 0 saturated carbocycles. The van der Waals surface area contributed by atoms with Crippen molar-refractivity contribution in [3.63, 3.8) is 0 Å². The third-order valence-corrected chi connectivity index (χ3v) is 3.16. The minimum Gasteiger partial charge on any atom is -0.397 e. The van der Waals surface area contributed by atoms with Gasteiger partial charge in [0.05, 0.1) is 11.4 Å². The molecule has 0 spiro atoms. The fraction of sp³-hybridized carbons (Fsp3) is 0. The predicted octanol–water partition coefficient (Wildman–Crippen LogP) is 5.43. The Balaban J connectivity index is 1.87. The zero-order chi connectivity index (χ0) is 15.2. The van der Waals surface area contributed by atoms with Gasteiger partial charge in [-0.15, -0.1) is 10.2 Å². The van der Waals surface area contributed by atoms with Crippen LogP contribution in [0.4, 0.5) is 28.4 Å². The number of anilines is 3. The molecule has 0 heterocycles. The monoisotopic (exact) mass is 288 g/mol. The van der Waals surface area contributed by atoms with Crippen LogP contribution in [0, 0.1) is 0 Å². The number of para-hydroxylation sites is 3. The van der Waals surface area contributed by atoms with Crippen molar-refractivity contribution in [3.05, 3.63) is 78.9 Å². The lowest BCUT2D eigenvalue weighted by molar-refractivity contribution is 1.23. The molecule has 0 fully saturated rings. The van der Waals surface area contributed by atoms with Gasteiger partial charge in [0.1, 0.15) is 11.4 Å². The average Bonchev–Trinajstić information content (AvgIpc) is 2.56. The molecule has 3 aromatic rings. The quantitative estimate of drug-likeness (QED) is 0.497. The largest absolute Gasteiger partial charge is 0.397 e. The van der Waals surface area contributed by atoms with E-state index in [1.54, 1.807) is 0 Å². The number of hydrogen-bond acceptors (Lipinski definition) is 4. The fourth-order valence-electron chi connectivity index (χ4n) is 2.03. The molecular weight excluding hydrogens is 272 g/mol. The van der Waals surface area contributed by atoms with E-state index in [0.29, 0.717) is 11.4 Å². The molecule has 0 aromatic heterocycles. The molecule has 0 aliphatic carbocycles. The molecular formula is C18H16N4. The third kappa shape index (κ3) is 3.30. The Labute approximate surface area is 129 Å². The maximum atomic E-state index is 5.88. The summed E-state index contributed by atoms with van der Waals surface area (Å²) in [7, 11) is 0. The van der Waals surface area contributed by atoms with Crippen molar-refractivity contribution in [2.75, 3.05) is 11.1 Å². The standard InChI is InChI=1S/C18H16N4/c19-15-10-4-5-11-16(15)21-22-18-13-7-6-12-17(18)20-14-8-2-1-3-9-14/h1-13,20H,19H2. The Morgan fingerprint density at radius 1 is 0.636 bits per heavy atom. The van der Waals surface area contributed by atoms with Crippen LogP contribution in [0.1, 0.15) is 0 Å². The Hall–Kier alpha value is -3.14. The highest BCUT2D eigenvalue weighted by Crippen LogP contribution is 2.30. The van der Waals surface area contributed by atoms with Gasteiger partial charge < -0.3 is 11.1 Å². The van der Waals surface area contributed by atoms with Crippen molar-refractivity contribution in [1.29, 1.82) is 0 Å². The Kier molecular flexibility index (Phi) is 4.11. The van der Waals surface area contributed by atoms with Crippen molar-refractivity contribution >= 4 is 28.4 Å². The molecule has 3 N–H and O–H groups in total. The van der Waals surface area contributed by atoms with Gasteiger partial charge in [0.15, 0.2) is 0 Å². The SMILES string of the molecule is Nc1ccccc1N=Nc1ccccc1Nc1ccccc1. The average molecular weight is 288 g/mol. The molecule has 0 aliphatic rings. The van der Waals surface area contributed by atoms with Gasteiger partial charge >= 0.3 is 0 Å². The highest BCUT2D eigenvalue weighted by atomic mass is 15.1. The van der Waals surface area contributed by atoms with Crippen molar-refractivity contribution in [3.8, 4) is 0 Å². The molecule has 0 aliphatic heterocycles. The number of rotatable bonds is 4. The second-order valence-corrected chi connectivity index (χ2v) is 4.77. The number of hydrogen-bond donors (Lipinski definition) is 2. The van der Waals surface area contributed by atoms with E-state index in [9.17, 15) is 0 Å². The molecule has 22 heavy (non-hydrogen) atoms. The van der Waals surface area contributed by atoms with E-state index in [1.807, 2.05) is 78.9 Å². The summed E-state index contributed by atoms with van der Waals surface area (Å²) in [5, 5.41) is 11.9. The number of nitrogens with two attached hydrogens (primary N) is 1. The Bertz CT molecular complexity index is 782. The molecule has 0 unspecified atom stereocenters. The summed E-state index contributed by atoms with van der Waals surface area (Å²) >= 11 is 0. The van der Waals surface area contributed by atoms with Crippen LogP contribution in [0.3, 0.4) is 0 Å². The van der Waals surface area contributed by atoms with Gasteiger partial charge in [0, 0.05) is 5.69 Å². The smallest absolute Gasteiger partial charge is 0.109 e. The summed E-state index contributed by atoms with van der Waals surface area (Å²) in [5.41, 5.74) is 9.81. The van der Waals surface area contributed by atoms with E-state index in [-0.39, 0.29) is 0 Å². The number of nitrogen functional groups attached to an aromatic ring is 1. The van der Waals surface area contributed by atoms with Crippen LogP contribution in [-0.4, -0.2) is 0 Å². The lowest BCUT2D eigenvalue weighted by Crippen LogP contribution is -1.89. The van der Waals surface area contributed by atoms with Crippen LogP contribution in [0.2, 0.25) is 0 Å². The van der Waals surface area contributed by atoms with Gasteiger partial charge in [0.25, 0.3) is 0 Å². The first kappa shape index (κ1) is 13.8. The van der Waals surface area contributed by atoms with E-state index < -0.39 is 0 Å². The summed E-state index contributed by atoms with van der Waals surface area (Å²) in [5.74, 6) is 0. The number of nitrogens with one attached hydrogen (secondary N) is 1. The predicted molar refractivity (Wildman–Crippen MR) is 91.2 cm³/mol. The fourth-order valence-corrected chi connectivity index (χ4v) is 2.03. The Morgan fingerprint density at radius 3 is 2.00 bits per heavy atom. The van der Waals surface area contributed by atoms with E-state index in [4.69, 9.17) is 5.73 Å². The number of azo groups is 1. The first-order valence-electron chi connectivity index (χ1n) is 7.00. The van der Waals surface area contributed by atoms with Gasteiger partial charge in [-0.25, -0.2) is 0 Å². The van der Waals surface area contributed by atoms with Crippen LogP contribution in [0.15, 0.2) is 89.1 Å². The molecule has 0 saturated heterocycles. The van der Waals surface area contributed by atoms with Crippen LogP contribution in [0.25, 0.3) is 0 Å². The first-order valence-corrected chi connectivity index (χ1v) is 7.00. The number of benzene rings is 3. The minimum absolute atomic E-state index is 0.611. The Morgan fingerprint density at radius 2 is 1.23 bits per heavy atom. The summed E-state index contributed by atoms with van der Waals surface area (Å²) in [6.45, 7) is 0. The summed E-state index contributed by atoms with van der Waals surface area (Å²) in [6.07, 6.45) is 0. The van der Waals surface area contributed by atoms with Crippen molar-refractivity contribution in [2.24, 2.45) is 10.2 Å². The first-order chi connectivity index (χ1) is 10.8. The zero-order valence-electron chi connectivity index (χ0n) is 12.0. The number of nitrogens with zero attached hydrogens (tertiary/aromatic N) is 2. The molecule has 0 atom stereocenters. The summed E-state index contributed by atoms with van der Waals surface area (Å²) in [4.78, 5) is 0. The van der Waals surface area contributed by atoms with Crippen LogP contribution in [0.5, 0.6) is 0 Å². The van der Waals surface area contributed by atoms with E-state index >= 15 is 0 Å². The molecule has 3 rings (SSSR count). The lowest BCUT2D eigenvalue weighted by atomic mass is 10.2. The van der Waals surface area contributed by atoms with E-state index in [1.165, 1.54) is 0 Å². The van der Waals surface area contributed by atoms with Gasteiger partial charge in [-0.2, -0.15) is 0 Å². The molecule has 4 heteroatoms. The highest BCUT2D eigenvalue weighted by Gasteiger charge is 2.01. The molecule has 4 nitrogen and oxygen atoms in total. The second-order valence-electron chi connectivity index (χ2n) is 4.77. The van der Waals surface area contributed by atoms with Crippen molar-refractivity contribution in [2.45, 2.75) is 0 Å². The van der Waals surface area contributed by atoms with Gasteiger partial charge in [-0.3, -0.25) is 0 Å².